The van der Waals surface area contributed by atoms with Crippen molar-refractivity contribution in [2.24, 2.45) is 5.73 Å². The van der Waals surface area contributed by atoms with Crippen molar-refractivity contribution in [1.82, 2.24) is 14.9 Å². The first kappa shape index (κ1) is 27.5. The summed E-state index contributed by atoms with van der Waals surface area (Å²) in [5.41, 5.74) is 14.3. The Hall–Kier alpha value is -3.73. The molecule has 2 aliphatic heterocycles. The van der Waals surface area contributed by atoms with Crippen LogP contribution in [0.5, 0.6) is 0 Å². The number of carbonyl (C=O) groups excluding carboxylic acids is 1. The maximum absolute atomic E-state index is 12.9. The van der Waals surface area contributed by atoms with Crippen molar-refractivity contribution < 1.29 is 24.6 Å². The number of nitrogen functional groups attached to an aromatic ring is 1. The first-order valence-electron chi connectivity index (χ1n) is 11.5. The van der Waals surface area contributed by atoms with Gasteiger partial charge in [-0.05, 0) is 37.8 Å². The lowest BCUT2D eigenvalue weighted by Crippen LogP contribution is -2.42. The molecule has 1 aromatic carbocycles. The number of benzene rings is 1. The minimum absolute atomic E-state index is 0.0468. The summed E-state index contributed by atoms with van der Waals surface area (Å²) in [6, 6.07) is 9.57. The van der Waals surface area contributed by atoms with Gasteiger partial charge in [0.25, 0.3) is 17.8 Å². The summed E-state index contributed by atoms with van der Waals surface area (Å²) in [5, 5.41) is 14.8. The number of aliphatic carboxylic acids is 2. The summed E-state index contributed by atoms with van der Waals surface area (Å²) in [7, 11) is 0. The Kier molecular flexibility index (Phi) is 10.4. The second kappa shape index (κ2) is 13.2. The van der Waals surface area contributed by atoms with E-state index in [4.69, 9.17) is 36.3 Å². The first-order chi connectivity index (χ1) is 16.6. The number of rotatable bonds is 3. The van der Waals surface area contributed by atoms with E-state index in [-0.39, 0.29) is 11.9 Å². The highest BCUT2D eigenvalue weighted by atomic mass is 16.4. The normalized spacial score (nSPS) is 15.4. The molecule has 1 aromatic heterocycles. The topological polar surface area (TPSA) is 176 Å². The van der Waals surface area contributed by atoms with Crippen LogP contribution in [0.15, 0.2) is 30.3 Å². The van der Waals surface area contributed by atoms with E-state index in [0.717, 1.165) is 63.9 Å². The average molecular weight is 487 g/mol. The van der Waals surface area contributed by atoms with Gasteiger partial charge in [0.2, 0.25) is 5.95 Å². The van der Waals surface area contributed by atoms with Crippen LogP contribution in [0.25, 0.3) is 11.3 Å². The van der Waals surface area contributed by atoms with Crippen LogP contribution in [0.2, 0.25) is 0 Å². The van der Waals surface area contributed by atoms with Crippen LogP contribution in [-0.2, 0) is 9.59 Å². The number of piperidine rings is 1. The van der Waals surface area contributed by atoms with Crippen LogP contribution in [0, 0.1) is 0 Å². The van der Waals surface area contributed by atoms with Gasteiger partial charge in [-0.25, -0.2) is 4.98 Å². The van der Waals surface area contributed by atoms with Gasteiger partial charge < -0.3 is 31.5 Å². The molecule has 2 saturated heterocycles. The third kappa shape index (κ3) is 9.20. The Labute approximate surface area is 204 Å². The minimum atomic E-state index is -0.833. The smallest absolute Gasteiger partial charge is 0.300 e. The molecule has 11 heteroatoms. The van der Waals surface area contributed by atoms with Crippen molar-refractivity contribution in [3.8, 4) is 11.3 Å². The number of nitrogens with zero attached hydrogens (tertiary/aromatic N) is 4. The summed E-state index contributed by atoms with van der Waals surface area (Å²) < 4.78 is 0. The molecular weight excluding hydrogens is 452 g/mol. The summed E-state index contributed by atoms with van der Waals surface area (Å²) in [6.45, 7) is 5.50. The molecule has 0 unspecified atom stereocenters. The van der Waals surface area contributed by atoms with Gasteiger partial charge in [0.1, 0.15) is 5.82 Å². The highest BCUT2D eigenvalue weighted by Crippen LogP contribution is 2.25. The molecule has 0 spiro atoms. The lowest BCUT2D eigenvalue weighted by atomic mass is 10.0. The van der Waals surface area contributed by atoms with E-state index in [1.165, 1.54) is 0 Å². The monoisotopic (exact) mass is 486 g/mol. The fraction of sp³-hybridized carbons (Fsp3) is 0.458. The van der Waals surface area contributed by atoms with Crippen molar-refractivity contribution in [2.45, 2.75) is 45.6 Å². The fourth-order valence-corrected chi connectivity index (χ4v) is 3.76. The number of aromatic nitrogens is 2. The average Bonchev–Trinajstić information content (AvgIpc) is 3.33. The first-order valence-corrected chi connectivity index (χ1v) is 11.5. The Morgan fingerprint density at radius 1 is 0.943 bits per heavy atom. The van der Waals surface area contributed by atoms with Crippen molar-refractivity contribution in [1.29, 1.82) is 0 Å². The third-order valence-corrected chi connectivity index (χ3v) is 5.36. The quantitative estimate of drug-likeness (QED) is 0.502. The predicted octanol–water partition coefficient (Wildman–Crippen LogP) is 2.07. The Bertz CT molecular complexity index is 997. The van der Waals surface area contributed by atoms with Gasteiger partial charge in [0.15, 0.2) is 0 Å². The van der Waals surface area contributed by atoms with E-state index in [1.807, 2.05) is 29.2 Å². The number of hydrogen-bond donors (Lipinski definition) is 4. The van der Waals surface area contributed by atoms with Crippen LogP contribution >= 0.6 is 0 Å². The highest BCUT2D eigenvalue weighted by Gasteiger charge is 2.22. The van der Waals surface area contributed by atoms with Crippen molar-refractivity contribution in [3.63, 3.8) is 0 Å². The molecule has 0 atom stereocenters. The molecule has 2 aromatic rings. The van der Waals surface area contributed by atoms with E-state index in [1.54, 1.807) is 6.07 Å². The largest absolute Gasteiger partial charge is 0.481 e. The number of carboxylic acid groups (broad SMARTS) is 2. The number of anilines is 2. The zero-order valence-electron chi connectivity index (χ0n) is 20.2. The van der Waals surface area contributed by atoms with Gasteiger partial charge in [0, 0.05) is 63.3 Å². The SMILES string of the molecule is CC(=O)O.CC(=O)O.Nc1cc(-c2cccc(C(=O)N3CCC(N)CC3)c2)nc(N2CCCC2)n1. The summed E-state index contributed by atoms with van der Waals surface area (Å²) in [6.07, 6.45) is 4.01. The fourth-order valence-electron chi connectivity index (χ4n) is 3.76. The second-order valence-electron chi connectivity index (χ2n) is 8.42. The number of carboxylic acids is 2. The van der Waals surface area contributed by atoms with Crippen LogP contribution in [0.3, 0.4) is 0 Å². The predicted molar refractivity (Wildman–Crippen MR) is 133 cm³/mol. The van der Waals surface area contributed by atoms with E-state index in [0.29, 0.717) is 30.4 Å². The molecule has 1 amide bonds. The molecular formula is C24H34N6O5. The lowest BCUT2D eigenvalue weighted by Gasteiger charge is -2.30. The molecule has 3 heterocycles. The van der Waals surface area contributed by atoms with Crippen molar-refractivity contribution >= 4 is 29.6 Å². The van der Waals surface area contributed by atoms with Crippen molar-refractivity contribution in [2.75, 3.05) is 36.8 Å². The Balaban J connectivity index is 0.000000473. The maximum Gasteiger partial charge on any atom is 0.300 e. The molecule has 6 N–H and O–H groups in total. The van der Waals surface area contributed by atoms with Crippen LogP contribution < -0.4 is 16.4 Å². The van der Waals surface area contributed by atoms with Gasteiger partial charge in [-0.1, -0.05) is 12.1 Å². The van der Waals surface area contributed by atoms with Crippen molar-refractivity contribution in [3.05, 3.63) is 35.9 Å². The summed E-state index contributed by atoms with van der Waals surface area (Å²) >= 11 is 0. The van der Waals surface area contributed by atoms with Gasteiger partial charge in [0.05, 0.1) is 5.69 Å². The third-order valence-electron chi connectivity index (χ3n) is 5.36. The van der Waals surface area contributed by atoms with E-state index in [2.05, 4.69) is 9.88 Å². The molecule has 0 bridgehead atoms. The van der Waals surface area contributed by atoms with Crippen LogP contribution in [0.1, 0.15) is 49.9 Å². The molecule has 2 fully saturated rings. The number of amides is 1. The molecule has 0 saturated carbocycles. The number of nitrogens with two attached hydrogens (primary N) is 2. The highest BCUT2D eigenvalue weighted by molar-refractivity contribution is 5.95. The molecule has 0 radical (unpaired) electrons. The zero-order chi connectivity index (χ0) is 26.0. The van der Waals surface area contributed by atoms with E-state index >= 15 is 0 Å². The zero-order valence-corrected chi connectivity index (χ0v) is 20.2. The molecule has 35 heavy (non-hydrogen) atoms. The van der Waals surface area contributed by atoms with Crippen LogP contribution in [0.4, 0.5) is 11.8 Å². The standard InChI is InChI=1S/C20H26N6O.2C2H4O2/c21-16-6-10-25(11-7-16)19(27)15-5-3-4-14(12-15)17-13-18(22)24-20(23-17)26-8-1-2-9-26;2*1-2(3)4/h3-5,12-13,16H,1-2,6-11,21H2,(H2,22,23,24);2*1H3,(H,3,4). The molecule has 0 aliphatic carbocycles. The Morgan fingerprint density at radius 3 is 2.09 bits per heavy atom. The van der Waals surface area contributed by atoms with Gasteiger partial charge in [-0.15, -0.1) is 0 Å². The minimum Gasteiger partial charge on any atom is -0.481 e. The number of likely N-dealkylation sites (tertiary alicyclic amines) is 1. The van der Waals surface area contributed by atoms with E-state index in [9.17, 15) is 4.79 Å². The van der Waals surface area contributed by atoms with E-state index < -0.39 is 11.9 Å². The van der Waals surface area contributed by atoms with Gasteiger partial charge in [-0.2, -0.15) is 4.98 Å². The Morgan fingerprint density at radius 2 is 1.51 bits per heavy atom. The number of carbonyl (C=O) groups is 3. The molecule has 11 nitrogen and oxygen atoms in total. The number of hydrogen-bond acceptors (Lipinski definition) is 8. The maximum atomic E-state index is 12.9. The van der Waals surface area contributed by atoms with Gasteiger partial charge in [-0.3, -0.25) is 14.4 Å². The molecule has 4 rings (SSSR count). The summed E-state index contributed by atoms with van der Waals surface area (Å²) in [5.74, 6) is -0.501. The summed E-state index contributed by atoms with van der Waals surface area (Å²) in [4.78, 5) is 44.0. The lowest BCUT2D eigenvalue weighted by molar-refractivity contribution is -0.135. The van der Waals surface area contributed by atoms with Gasteiger partial charge >= 0.3 is 0 Å². The second-order valence-corrected chi connectivity index (χ2v) is 8.42. The molecule has 2 aliphatic rings. The van der Waals surface area contributed by atoms with Crippen LogP contribution in [-0.4, -0.2) is 75.1 Å². The molecule has 190 valence electrons.